The maximum Gasteiger partial charge on any atom is 0.271 e. The summed E-state index contributed by atoms with van der Waals surface area (Å²) >= 11 is 0. The average Bonchev–Trinajstić information content (AvgIpc) is 2.96. The van der Waals surface area contributed by atoms with Gasteiger partial charge in [-0.1, -0.05) is 0 Å². The lowest BCUT2D eigenvalue weighted by Crippen LogP contribution is -2.31. The predicted octanol–water partition coefficient (Wildman–Crippen LogP) is 0.253. The first-order valence-electron chi connectivity index (χ1n) is 5.72. The summed E-state index contributed by atoms with van der Waals surface area (Å²) in [5.74, 6) is 0.771. The summed E-state index contributed by atoms with van der Waals surface area (Å²) in [5, 5.41) is 16.2. The monoisotopic (exact) mass is 221 g/mol. The molecule has 5 heteroatoms. The van der Waals surface area contributed by atoms with Crippen LogP contribution in [-0.2, 0) is 0 Å². The van der Waals surface area contributed by atoms with Crippen LogP contribution in [0, 0.1) is 11.8 Å². The van der Waals surface area contributed by atoms with Crippen molar-refractivity contribution in [2.75, 3.05) is 13.1 Å². The highest BCUT2D eigenvalue weighted by Gasteiger charge is 2.43. The van der Waals surface area contributed by atoms with Crippen molar-refractivity contribution in [3.05, 3.63) is 18.0 Å². The number of nitrogens with zero attached hydrogens (tertiary/aromatic N) is 2. The summed E-state index contributed by atoms with van der Waals surface area (Å²) in [6.45, 7) is 1.46. The minimum absolute atomic E-state index is 0.000833. The first kappa shape index (κ1) is 9.84. The van der Waals surface area contributed by atoms with Gasteiger partial charge in [0.2, 0.25) is 0 Å². The highest BCUT2D eigenvalue weighted by molar-refractivity contribution is 5.92. The summed E-state index contributed by atoms with van der Waals surface area (Å²) in [7, 11) is 0. The second-order valence-corrected chi connectivity index (χ2v) is 4.75. The van der Waals surface area contributed by atoms with Gasteiger partial charge in [0.15, 0.2) is 0 Å². The molecule has 86 valence electrons. The van der Waals surface area contributed by atoms with Crippen molar-refractivity contribution in [3.63, 3.8) is 0 Å². The Bertz CT molecular complexity index is 390. The number of aromatic nitrogens is 2. The van der Waals surface area contributed by atoms with E-state index in [-0.39, 0.29) is 17.9 Å². The number of likely N-dealkylation sites (tertiary alicyclic amines) is 1. The molecule has 1 saturated heterocycles. The van der Waals surface area contributed by atoms with Crippen LogP contribution in [-0.4, -0.2) is 45.3 Å². The summed E-state index contributed by atoms with van der Waals surface area (Å²) in [6, 6.07) is 1.69. The lowest BCUT2D eigenvalue weighted by Gasteiger charge is -2.17. The van der Waals surface area contributed by atoms with Crippen molar-refractivity contribution in [3.8, 4) is 0 Å². The number of carbonyl (C=O) groups excluding carboxylic acids is 1. The number of rotatable bonds is 1. The fourth-order valence-electron chi connectivity index (χ4n) is 2.95. The minimum atomic E-state index is -0.218. The summed E-state index contributed by atoms with van der Waals surface area (Å²) in [6.07, 6.45) is 3.29. The molecular formula is C11H15N3O2. The molecule has 5 nitrogen and oxygen atoms in total. The van der Waals surface area contributed by atoms with E-state index in [1.54, 1.807) is 12.3 Å². The molecule has 0 radical (unpaired) electrons. The summed E-state index contributed by atoms with van der Waals surface area (Å²) in [4.78, 5) is 13.8. The van der Waals surface area contributed by atoms with Crippen LogP contribution in [0.3, 0.4) is 0 Å². The van der Waals surface area contributed by atoms with Gasteiger partial charge in [0.1, 0.15) is 5.69 Å². The van der Waals surface area contributed by atoms with E-state index in [1.165, 1.54) is 0 Å². The van der Waals surface area contributed by atoms with Crippen molar-refractivity contribution >= 4 is 5.91 Å². The Hall–Kier alpha value is -1.36. The van der Waals surface area contributed by atoms with Gasteiger partial charge in [0, 0.05) is 25.2 Å². The number of hydrogen-bond donors (Lipinski definition) is 2. The molecule has 2 fully saturated rings. The van der Waals surface area contributed by atoms with E-state index in [4.69, 9.17) is 0 Å². The molecule has 0 spiro atoms. The lowest BCUT2D eigenvalue weighted by atomic mass is 10.00. The second kappa shape index (κ2) is 3.59. The smallest absolute Gasteiger partial charge is 0.271 e. The van der Waals surface area contributed by atoms with Gasteiger partial charge in [-0.15, -0.1) is 0 Å². The summed E-state index contributed by atoms with van der Waals surface area (Å²) < 4.78 is 0. The van der Waals surface area contributed by atoms with Gasteiger partial charge in [0.05, 0.1) is 6.10 Å². The molecule has 1 aromatic heterocycles. The Morgan fingerprint density at radius 3 is 3.06 bits per heavy atom. The number of aliphatic hydroxyl groups is 1. The average molecular weight is 221 g/mol. The van der Waals surface area contributed by atoms with Gasteiger partial charge in [0.25, 0.3) is 5.91 Å². The van der Waals surface area contributed by atoms with Gasteiger partial charge in [-0.05, 0) is 24.8 Å². The minimum Gasteiger partial charge on any atom is -0.393 e. The van der Waals surface area contributed by atoms with E-state index >= 15 is 0 Å². The zero-order valence-corrected chi connectivity index (χ0v) is 8.97. The van der Waals surface area contributed by atoms with Crippen molar-refractivity contribution in [2.45, 2.75) is 18.9 Å². The molecule has 3 rings (SSSR count). The number of fused-ring (bicyclic) bond motifs is 1. The molecule has 1 aliphatic heterocycles. The van der Waals surface area contributed by atoms with Crippen molar-refractivity contribution in [1.29, 1.82) is 0 Å². The topological polar surface area (TPSA) is 69.2 Å². The predicted molar refractivity (Wildman–Crippen MR) is 56.7 cm³/mol. The van der Waals surface area contributed by atoms with Gasteiger partial charge >= 0.3 is 0 Å². The third-order valence-electron chi connectivity index (χ3n) is 3.84. The van der Waals surface area contributed by atoms with Crippen LogP contribution in [0.25, 0.3) is 0 Å². The molecule has 1 saturated carbocycles. The van der Waals surface area contributed by atoms with E-state index in [9.17, 15) is 9.90 Å². The third kappa shape index (κ3) is 1.43. The first-order valence-corrected chi connectivity index (χ1v) is 5.72. The Morgan fingerprint density at radius 1 is 1.50 bits per heavy atom. The number of amides is 1. The molecule has 0 bridgehead atoms. The maximum absolute atomic E-state index is 12.0. The van der Waals surface area contributed by atoms with Crippen LogP contribution in [0.5, 0.6) is 0 Å². The molecule has 2 aliphatic rings. The van der Waals surface area contributed by atoms with Crippen molar-refractivity contribution in [1.82, 2.24) is 15.1 Å². The van der Waals surface area contributed by atoms with Crippen LogP contribution in [0.15, 0.2) is 12.3 Å². The number of H-pyrrole nitrogens is 1. The van der Waals surface area contributed by atoms with E-state index in [1.807, 2.05) is 4.90 Å². The van der Waals surface area contributed by atoms with E-state index < -0.39 is 0 Å². The zero-order chi connectivity index (χ0) is 11.1. The maximum atomic E-state index is 12.0. The number of nitrogens with one attached hydrogen (secondary N) is 1. The van der Waals surface area contributed by atoms with E-state index in [0.29, 0.717) is 18.2 Å². The Kier molecular flexibility index (Phi) is 2.21. The fraction of sp³-hybridized carbons (Fsp3) is 0.636. The van der Waals surface area contributed by atoms with Gasteiger partial charge < -0.3 is 10.0 Å². The molecule has 3 unspecified atom stereocenters. The highest BCUT2D eigenvalue weighted by Crippen LogP contribution is 2.38. The molecule has 1 aromatic rings. The van der Waals surface area contributed by atoms with E-state index in [2.05, 4.69) is 10.2 Å². The Labute approximate surface area is 93.5 Å². The molecule has 1 aliphatic carbocycles. The van der Waals surface area contributed by atoms with Gasteiger partial charge in [-0.3, -0.25) is 9.89 Å². The van der Waals surface area contributed by atoms with Crippen LogP contribution >= 0.6 is 0 Å². The Morgan fingerprint density at radius 2 is 2.38 bits per heavy atom. The van der Waals surface area contributed by atoms with Crippen LogP contribution < -0.4 is 0 Å². The highest BCUT2D eigenvalue weighted by atomic mass is 16.3. The molecule has 16 heavy (non-hydrogen) atoms. The van der Waals surface area contributed by atoms with Crippen LogP contribution in [0.1, 0.15) is 23.3 Å². The molecular weight excluding hydrogens is 206 g/mol. The second-order valence-electron chi connectivity index (χ2n) is 4.75. The molecule has 3 atom stereocenters. The molecule has 1 amide bonds. The van der Waals surface area contributed by atoms with Gasteiger partial charge in [-0.2, -0.15) is 5.10 Å². The van der Waals surface area contributed by atoms with Crippen LogP contribution in [0.2, 0.25) is 0 Å². The lowest BCUT2D eigenvalue weighted by molar-refractivity contribution is 0.0746. The fourth-order valence-corrected chi connectivity index (χ4v) is 2.95. The van der Waals surface area contributed by atoms with E-state index in [0.717, 1.165) is 19.4 Å². The van der Waals surface area contributed by atoms with Crippen molar-refractivity contribution < 1.29 is 9.90 Å². The number of aliphatic hydroxyl groups excluding tert-OH is 1. The molecule has 0 aromatic carbocycles. The first-order chi connectivity index (χ1) is 7.75. The molecule has 2 N–H and O–H groups in total. The van der Waals surface area contributed by atoms with Crippen molar-refractivity contribution in [2.24, 2.45) is 11.8 Å². The zero-order valence-electron chi connectivity index (χ0n) is 8.97. The quantitative estimate of drug-likeness (QED) is 0.714. The Balaban J connectivity index is 1.73. The number of hydrogen-bond acceptors (Lipinski definition) is 3. The normalized spacial score (nSPS) is 33.1. The number of carbonyl (C=O) groups is 1. The van der Waals surface area contributed by atoms with Gasteiger partial charge in [-0.25, -0.2) is 0 Å². The largest absolute Gasteiger partial charge is 0.393 e. The standard InChI is InChI=1S/C11H15N3O2/c15-10-2-1-7-5-14(6-8(7)10)11(16)9-3-4-12-13-9/h3-4,7-8,10,15H,1-2,5-6H2,(H,12,13). The molecule has 2 heterocycles. The van der Waals surface area contributed by atoms with Crippen LogP contribution in [0.4, 0.5) is 0 Å². The third-order valence-corrected chi connectivity index (χ3v) is 3.84. The SMILES string of the molecule is O=C(c1ccn[nH]1)N1CC2CCC(O)C2C1. The number of aromatic amines is 1. The summed E-state index contributed by atoms with van der Waals surface area (Å²) in [5.41, 5.74) is 0.537.